The van der Waals surface area contributed by atoms with Gasteiger partial charge in [-0.1, -0.05) is 23.7 Å². The maximum absolute atomic E-state index is 12.7. The van der Waals surface area contributed by atoms with Crippen LogP contribution in [0.3, 0.4) is 0 Å². The second-order valence-electron chi connectivity index (χ2n) is 6.14. The van der Waals surface area contributed by atoms with Crippen LogP contribution in [0.25, 0.3) is 0 Å². The van der Waals surface area contributed by atoms with Gasteiger partial charge in [0.2, 0.25) is 11.8 Å². The van der Waals surface area contributed by atoms with Gasteiger partial charge in [0.25, 0.3) is 0 Å². The van der Waals surface area contributed by atoms with Gasteiger partial charge in [0, 0.05) is 44.5 Å². The number of carbonyl (C=O) groups excluding carboxylic acids is 2. The average molecular weight is 359 g/mol. The number of amides is 2. The van der Waals surface area contributed by atoms with Crippen molar-refractivity contribution in [3.05, 3.63) is 59.1 Å². The summed E-state index contributed by atoms with van der Waals surface area (Å²) in [5.41, 5.74) is 1.61. The zero-order valence-corrected chi connectivity index (χ0v) is 14.7. The van der Waals surface area contributed by atoms with Crippen LogP contribution >= 0.6 is 11.6 Å². The molecule has 0 N–H and O–H groups in total. The van der Waals surface area contributed by atoms with E-state index in [2.05, 4.69) is 9.97 Å². The Bertz CT molecular complexity index is 769. The highest BCUT2D eigenvalue weighted by molar-refractivity contribution is 6.30. The van der Waals surface area contributed by atoms with Crippen LogP contribution in [0.5, 0.6) is 0 Å². The summed E-state index contributed by atoms with van der Waals surface area (Å²) in [6.07, 6.45) is 3.54. The molecule has 2 aromatic heterocycles. The van der Waals surface area contributed by atoms with Crippen LogP contribution in [0.1, 0.15) is 17.7 Å². The second-order valence-corrected chi connectivity index (χ2v) is 6.50. The van der Waals surface area contributed by atoms with E-state index in [0.717, 1.165) is 11.3 Å². The molecule has 6 nitrogen and oxygen atoms in total. The van der Waals surface area contributed by atoms with Gasteiger partial charge in [0.1, 0.15) is 5.15 Å². The topological polar surface area (TPSA) is 66.4 Å². The van der Waals surface area contributed by atoms with Crippen molar-refractivity contribution in [1.82, 2.24) is 19.8 Å². The Hall–Kier alpha value is -2.47. The third-order valence-electron chi connectivity index (χ3n) is 4.26. The number of carbonyl (C=O) groups is 2. The number of aromatic nitrogens is 2. The first-order valence-corrected chi connectivity index (χ1v) is 8.44. The number of nitrogens with zero attached hydrogens (tertiary/aromatic N) is 4. The van der Waals surface area contributed by atoms with Gasteiger partial charge < -0.3 is 9.80 Å². The molecule has 0 aromatic carbocycles. The molecule has 0 bridgehead atoms. The van der Waals surface area contributed by atoms with Crippen LogP contribution in [-0.2, 0) is 22.7 Å². The molecule has 2 amide bonds. The molecule has 1 aliphatic rings. The standard InChI is InChI=1S/C18H19ClN4O2/c1-22(10-13-5-4-8-21-17(13)19)18(25)14-9-16(24)23(11-14)12-15-6-2-3-7-20-15/h2-8,14H,9-12H2,1H3. The van der Waals surface area contributed by atoms with E-state index in [1.165, 1.54) is 0 Å². The minimum absolute atomic E-state index is 0.0168. The van der Waals surface area contributed by atoms with Crippen LogP contribution in [-0.4, -0.2) is 45.2 Å². The van der Waals surface area contributed by atoms with Gasteiger partial charge in [-0.15, -0.1) is 0 Å². The summed E-state index contributed by atoms with van der Waals surface area (Å²) >= 11 is 6.05. The molecule has 130 valence electrons. The maximum atomic E-state index is 12.7. The number of halogens is 1. The molecule has 0 aliphatic carbocycles. The molecule has 1 aliphatic heterocycles. The summed E-state index contributed by atoms with van der Waals surface area (Å²) < 4.78 is 0. The van der Waals surface area contributed by atoms with Crippen molar-refractivity contribution < 1.29 is 9.59 Å². The molecule has 1 fully saturated rings. The van der Waals surface area contributed by atoms with Crippen LogP contribution in [0.2, 0.25) is 5.15 Å². The van der Waals surface area contributed by atoms with Crippen LogP contribution in [0.15, 0.2) is 42.7 Å². The molecular formula is C18H19ClN4O2. The number of rotatable bonds is 5. The van der Waals surface area contributed by atoms with Crippen molar-refractivity contribution in [2.75, 3.05) is 13.6 Å². The summed E-state index contributed by atoms with van der Waals surface area (Å²) in [6.45, 7) is 1.22. The van der Waals surface area contributed by atoms with E-state index in [-0.39, 0.29) is 24.2 Å². The van der Waals surface area contributed by atoms with Gasteiger partial charge in [0.05, 0.1) is 18.2 Å². The maximum Gasteiger partial charge on any atom is 0.228 e. The summed E-state index contributed by atoms with van der Waals surface area (Å²) in [7, 11) is 1.72. The van der Waals surface area contributed by atoms with Gasteiger partial charge in [-0.3, -0.25) is 14.6 Å². The van der Waals surface area contributed by atoms with Gasteiger partial charge in [-0.25, -0.2) is 4.98 Å². The first-order valence-electron chi connectivity index (χ1n) is 8.06. The van der Waals surface area contributed by atoms with Crippen LogP contribution in [0, 0.1) is 5.92 Å². The lowest BCUT2D eigenvalue weighted by Gasteiger charge is -2.21. The Morgan fingerprint density at radius 3 is 2.80 bits per heavy atom. The van der Waals surface area contributed by atoms with Crippen molar-refractivity contribution >= 4 is 23.4 Å². The van der Waals surface area contributed by atoms with Crippen LogP contribution in [0.4, 0.5) is 0 Å². The Kier molecular flexibility index (Phi) is 5.28. The summed E-state index contributed by atoms with van der Waals surface area (Å²) in [6, 6.07) is 9.22. The summed E-state index contributed by atoms with van der Waals surface area (Å²) in [5.74, 6) is -0.412. The zero-order valence-electron chi connectivity index (χ0n) is 13.9. The highest BCUT2D eigenvalue weighted by atomic mass is 35.5. The first-order chi connectivity index (χ1) is 12.0. The Balaban J connectivity index is 1.61. The fourth-order valence-electron chi connectivity index (χ4n) is 2.96. The monoisotopic (exact) mass is 358 g/mol. The number of likely N-dealkylation sites (tertiary alicyclic amines) is 1. The average Bonchev–Trinajstić information content (AvgIpc) is 2.98. The van der Waals surface area contributed by atoms with Crippen molar-refractivity contribution in [1.29, 1.82) is 0 Å². The van der Waals surface area contributed by atoms with Crippen LogP contribution < -0.4 is 0 Å². The molecular weight excluding hydrogens is 340 g/mol. The Morgan fingerprint density at radius 1 is 1.28 bits per heavy atom. The lowest BCUT2D eigenvalue weighted by molar-refractivity contribution is -0.135. The fourth-order valence-corrected chi connectivity index (χ4v) is 3.14. The molecule has 7 heteroatoms. The molecule has 1 atom stereocenters. The van der Waals surface area contributed by atoms with E-state index >= 15 is 0 Å². The molecule has 25 heavy (non-hydrogen) atoms. The van der Waals surface area contributed by atoms with Gasteiger partial charge in [-0.2, -0.15) is 0 Å². The Labute approximate surface area is 151 Å². The molecule has 2 aromatic rings. The third kappa shape index (κ3) is 4.14. The predicted molar refractivity (Wildman–Crippen MR) is 93.5 cm³/mol. The van der Waals surface area contributed by atoms with Gasteiger partial charge in [0.15, 0.2) is 0 Å². The summed E-state index contributed by atoms with van der Waals surface area (Å²) in [4.78, 5) is 36.4. The normalized spacial score (nSPS) is 17.0. The number of hydrogen-bond acceptors (Lipinski definition) is 4. The minimum Gasteiger partial charge on any atom is -0.341 e. The fraction of sp³-hybridized carbons (Fsp3) is 0.333. The lowest BCUT2D eigenvalue weighted by atomic mass is 10.1. The molecule has 0 saturated carbocycles. The minimum atomic E-state index is -0.336. The first kappa shape index (κ1) is 17.4. The molecule has 1 unspecified atom stereocenters. The quantitative estimate of drug-likeness (QED) is 0.768. The molecule has 3 rings (SSSR count). The third-order valence-corrected chi connectivity index (χ3v) is 4.60. The molecule has 3 heterocycles. The van der Waals surface area contributed by atoms with Crippen molar-refractivity contribution in [3.8, 4) is 0 Å². The largest absolute Gasteiger partial charge is 0.341 e. The van der Waals surface area contributed by atoms with E-state index in [1.54, 1.807) is 35.3 Å². The lowest BCUT2D eigenvalue weighted by Crippen LogP contribution is -2.34. The van der Waals surface area contributed by atoms with E-state index in [1.807, 2.05) is 24.3 Å². The molecule has 0 spiro atoms. The Morgan fingerprint density at radius 2 is 2.08 bits per heavy atom. The van der Waals surface area contributed by atoms with E-state index < -0.39 is 0 Å². The summed E-state index contributed by atoms with van der Waals surface area (Å²) in [5, 5.41) is 0.390. The highest BCUT2D eigenvalue weighted by Crippen LogP contribution is 2.23. The van der Waals surface area contributed by atoms with Crippen molar-refractivity contribution in [3.63, 3.8) is 0 Å². The molecule has 1 saturated heterocycles. The predicted octanol–water partition coefficient (Wildman–Crippen LogP) is 2.14. The SMILES string of the molecule is CN(Cc1cccnc1Cl)C(=O)C1CC(=O)N(Cc2ccccn2)C1. The zero-order chi connectivity index (χ0) is 17.8. The van der Waals surface area contributed by atoms with Crippen molar-refractivity contribution in [2.24, 2.45) is 5.92 Å². The van der Waals surface area contributed by atoms with Gasteiger partial charge in [-0.05, 0) is 18.2 Å². The van der Waals surface area contributed by atoms with E-state index in [0.29, 0.717) is 24.8 Å². The van der Waals surface area contributed by atoms with E-state index in [4.69, 9.17) is 11.6 Å². The highest BCUT2D eigenvalue weighted by Gasteiger charge is 2.35. The van der Waals surface area contributed by atoms with Crippen molar-refractivity contribution in [2.45, 2.75) is 19.5 Å². The smallest absolute Gasteiger partial charge is 0.228 e. The molecule has 0 radical (unpaired) electrons. The number of pyridine rings is 2. The van der Waals surface area contributed by atoms with E-state index in [9.17, 15) is 9.59 Å². The number of hydrogen-bond donors (Lipinski definition) is 0. The second kappa shape index (κ2) is 7.61. The van der Waals surface area contributed by atoms with Gasteiger partial charge >= 0.3 is 0 Å².